The molecular formula is C6H16N2O2. The van der Waals surface area contributed by atoms with Crippen LogP contribution in [0.5, 0.6) is 0 Å². The molecule has 0 aromatic carbocycles. The van der Waals surface area contributed by atoms with Gasteiger partial charge in [0.05, 0.1) is 0 Å². The highest BCUT2D eigenvalue weighted by Crippen LogP contribution is 1.75. The number of hydrogen-bond donors (Lipinski definition) is 2. The lowest BCUT2D eigenvalue weighted by molar-refractivity contribution is -0.126. The molecule has 3 N–H and O–H groups in total. The minimum atomic E-state index is -0.187. The Morgan fingerprint density at radius 2 is 2.20 bits per heavy atom. The van der Waals surface area contributed by atoms with Crippen molar-refractivity contribution in [1.82, 2.24) is 5.32 Å². The van der Waals surface area contributed by atoms with E-state index >= 15 is 0 Å². The molecule has 0 aromatic heterocycles. The Hall–Kier alpha value is -0.610. The summed E-state index contributed by atoms with van der Waals surface area (Å²) < 4.78 is 0. The lowest BCUT2D eigenvalue weighted by Crippen LogP contribution is -2.33. The predicted molar refractivity (Wildman–Crippen MR) is 40.1 cm³/mol. The molecule has 0 aliphatic heterocycles. The summed E-state index contributed by atoms with van der Waals surface area (Å²) in [5, 5.41) is 2.60. The van der Waals surface area contributed by atoms with E-state index in [-0.39, 0.29) is 26.0 Å². The summed E-state index contributed by atoms with van der Waals surface area (Å²) in [4.78, 5) is 14.6. The highest BCUT2D eigenvalue weighted by molar-refractivity contribution is 5.77. The first kappa shape index (κ1) is 12.1. The van der Waals surface area contributed by atoms with Crippen LogP contribution in [0.4, 0.5) is 0 Å². The quantitative estimate of drug-likeness (QED) is 0.555. The maximum absolute atomic E-state index is 10.5. The number of nitrogens with two attached hydrogens (primary N) is 1. The number of carbonyl (C=O) groups is 1. The van der Waals surface area contributed by atoms with Crippen LogP contribution in [0, 0.1) is 0 Å². The van der Waals surface area contributed by atoms with Crippen molar-refractivity contribution in [3.63, 3.8) is 0 Å². The summed E-state index contributed by atoms with van der Waals surface area (Å²) >= 11 is 0. The Morgan fingerprint density at radius 3 is 2.50 bits per heavy atom. The van der Waals surface area contributed by atoms with E-state index in [1.807, 2.05) is 13.8 Å². The van der Waals surface area contributed by atoms with Crippen LogP contribution in [0.3, 0.4) is 0 Å². The van der Waals surface area contributed by atoms with Gasteiger partial charge in [0.25, 0.3) is 0 Å². The van der Waals surface area contributed by atoms with E-state index in [1.165, 1.54) is 0 Å². The van der Waals surface area contributed by atoms with Gasteiger partial charge in [-0.1, -0.05) is 7.43 Å². The molecule has 0 fully saturated rings. The Kier molecular flexibility index (Phi) is 7.88. The summed E-state index contributed by atoms with van der Waals surface area (Å²) in [6.45, 7) is 3.67. The third-order valence-corrected chi connectivity index (χ3v) is 0.664. The molecule has 0 aliphatic carbocycles. The van der Waals surface area contributed by atoms with E-state index < -0.39 is 0 Å². The van der Waals surface area contributed by atoms with Crippen LogP contribution in [-0.2, 0) is 9.63 Å². The molecule has 0 spiro atoms. The molecule has 0 unspecified atom stereocenters. The van der Waals surface area contributed by atoms with Crippen molar-refractivity contribution in [2.75, 3.05) is 6.61 Å². The maximum Gasteiger partial charge on any atom is 0.248 e. The largest absolute Gasteiger partial charge is 0.352 e. The molecule has 4 nitrogen and oxygen atoms in total. The van der Waals surface area contributed by atoms with Crippen molar-refractivity contribution in [2.45, 2.75) is 27.3 Å². The predicted octanol–water partition coefficient (Wildman–Crippen LogP) is 0.0374. The van der Waals surface area contributed by atoms with E-state index in [2.05, 4.69) is 16.1 Å². The average Bonchev–Trinajstić information content (AvgIpc) is 1.63. The van der Waals surface area contributed by atoms with Crippen LogP contribution in [0.15, 0.2) is 0 Å². The molecule has 62 valence electrons. The van der Waals surface area contributed by atoms with E-state index in [4.69, 9.17) is 0 Å². The number of carbonyl (C=O) groups excluding carboxylic acids is 1. The fourth-order valence-electron chi connectivity index (χ4n) is 0.439. The SMILES string of the molecule is C.CC(C)NC(=O)CON. The molecule has 0 saturated heterocycles. The van der Waals surface area contributed by atoms with Crippen molar-refractivity contribution in [1.29, 1.82) is 0 Å². The second-order valence-electron chi connectivity index (χ2n) is 2.03. The molecule has 0 aromatic rings. The number of nitrogens with one attached hydrogen (secondary N) is 1. The van der Waals surface area contributed by atoms with Gasteiger partial charge in [-0.15, -0.1) is 0 Å². The van der Waals surface area contributed by atoms with Gasteiger partial charge < -0.3 is 5.32 Å². The molecular weight excluding hydrogens is 132 g/mol. The Bertz CT molecular complexity index is 93.7. The van der Waals surface area contributed by atoms with Crippen molar-refractivity contribution in [3.05, 3.63) is 0 Å². The minimum absolute atomic E-state index is 0. The topological polar surface area (TPSA) is 64.3 Å². The Morgan fingerprint density at radius 1 is 1.70 bits per heavy atom. The van der Waals surface area contributed by atoms with Gasteiger partial charge >= 0.3 is 0 Å². The monoisotopic (exact) mass is 148 g/mol. The molecule has 0 saturated carbocycles. The van der Waals surface area contributed by atoms with Crippen molar-refractivity contribution >= 4 is 5.91 Å². The van der Waals surface area contributed by atoms with E-state index in [0.29, 0.717) is 0 Å². The fraction of sp³-hybridized carbons (Fsp3) is 0.833. The fourth-order valence-corrected chi connectivity index (χ4v) is 0.439. The number of rotatable bonds is 3. The molecule has 10 heavy (non-hydrogen) atoms. The molecule has 4 heteroatoms. The first-order valence-electron chi connectivity index (χ1n) is 2.78. The van der Waals surface area contributed by atoms with Crippen molar-refractivity contribution in [2.24, 2.45) is 5.90 Å². The van der Waals surface area contributed by atoms with Gasteiger partial charge in [0, 0.05) is 6.04 Å². The van der Waals surface area contributed by atoms with Crippen LogP contribution in [0.25, 0.3) is 0 Å². The smallest absolute Gasteiger partial charge is 0.248 e. The standard InChI is InChI=1S/C5H12N2O2.CH4/c1-4(2)7-5(8)3-9-6;/h4H,3,6H2,1-2H3,(H,7,8);1H4. The van der Waals surface area contributed by atoms with Gasteiger partial charge in [0.2, 0.25) is 5.91 Å². The van der Waals surface area contributed by atoms with Gasteiger partial charge in [-0.25, -0.2) is 5.90 Å². The van der Waals surface area contributed by atoms with Gasteiger partial charge in [-0.2, -0.15) is 0 Å². The second-order valence-corrected chi connectivity index (χ2v) is 2.03. The number of hydrogen-bond acceptors (Lipinski definition) is 3. The summed E-state index contributed by atoms with van der Waals surface area (Å²) in [5.74, 6) is 4.46. The van der Waals surface area contributed by atoms with Gasteiger partial charge in [-0.3, -0.25) is 9.63 Å². The lowest BCUT2D eigenvalue weighted by Gasteiger charge is -2.05. The highest BCUT2D eigenvalue weighted by atomic mass is 16.6. The van der Waals surface area contributed by atoms with E-state index in [9.17, 15) is 4.79 Å². The Labute approximate surface area is 61.7 Å². The minimum Gasteiger partial charge on any atom is -0.352 e. The third kappa shape index (κ3) is 7.39. The van der Waals surface area contributed by atoms with Crippen molar-refractivity contribution < 1.29 is 9.63 Å². The average molecular weight is 148 g/mol. The molecule has 0 aliphatic rings. The highest BCUT2D eigenvalue weighted by Gasteiger charge is 2.00. The molecule has 0 radical (unpaired) electrons. The number of amides is 1. The zero-order valence-electron chi connectivity index (χ0n) is 5.68. The van der Waals surface area contributed by atoms with Crippen LogP contribution >= 0.6 is 0 Å². The molecule has 0 bridgehead atoms. The summed E-state index contributed by atoms with van der Waals surface area (Å²) in [5.41, 5.74) is 0. The first-order chi connectivity index (χ1) is 4.16. The lowest BCUT2D eigenvalue weighted by atomic mass is 10.4. The van der Waals surface area contributed by atoms with Gasteiger partial charge in [0.15, 0.2) is 0 Å². The molecule has 0 heterocycles. The molecule has 0 rings (SSSR count). The second kappa shape index (κ2) is 6.51. The van der Waals surface area contributed by atoms with Crippen LogP contribution in [0.2, 0.25) is 0 Å². The van der Waals surface area contributed by atoms with E-state index in [0.717, 1.165) is 0 Å². The van der Waals surface area contributed by atoms with Crippen LogP contribution < -0.4 is 11.2 Å². The summed E-state index contributed by atoms with van der Waals surface area (Å²) in [6.07, 6.45) is 0. The van der Waals surface area contributed by atoms with Crippen molar-refractivity contribution in [3.8, 4) is 0 Å². The summed E-state index contributed by atoms with van der Waals surface area (Å²) in [7, 11) is 0. The zero-order valence-corrected chi connectivity index (χ0v) is 5.68. The van der Waals surface area contributed by atoms with Crippen LogP contribution in [0.1, 0.15) is 21.3 Å². The van der Waals surface area contributed by atoms with Crippen LogP contribution in [-0.4, -0.2) is 18.6 Å². The maximum atomic E-state index is 10.5. The molecule has 1 amide bonds. The normalized spacial score (nSPS) is 8.80. The first-order valence-corrected chi connectivity index (χ1v) is 2.78. The van der Waals surface area contributed by atoms with E-state index in [1.54, 1.807) is 0 Å². The van der Waals surface area contributed by atoms with Gasteiger partial charge in [0.1, 0.15) is 6.61 Å². The van der Waals surface area contributed by atoms with Gasteiger partial charge in [-0.05, 0) is 13.8 Å². The zero-order chi connectivity index (χ0) is 7.28. The Balaban J connectivity index is 0. The third-order valence-electron chi connectivity index (χ3n) is 0.664. The molecule has 0 atom stereocenters. The summed E-state index contributed by atoms with van der Waals surface area (Å²) in [6, 6.07) is 0.146.